The van der Waals surface area contributed by atoms with Gasteiger partial charge in [0.15, 0.2) is 0 Å². The predicted molar refractivity (Wildman–Crippen MR) is 108 cm³/mol. The number of hydrogen-bond donors (Lipinski definition) is 1. The molecule has 2 aromatic heterocycles. The van der Waals surface area contributed by atoms with Crippen LogP contribution in [0.2, 0.25) is 0 Å². The lowest BCUT2D eigenvalue weighted by Gasteiger charge is -2.14. The molecule has 6 nitrogen and oxygen atoms in total. The number of nitrogens with one attached hydrogen (secondary N) is 1. The van der Waals surface area contributed by atoms with Crippen LogP contribution in [0.1, 0.15) is 46.1 Å². The first-order chi connectivity index (χ1) is 12.9. The van der Waals surface area contributed by atoms with E-state index >= 15 is 0 Å². The number of hydrogen-bond acceptors (Lipinski definition) is 5. The van der Waals surface area contributed by atoms with Crippen molar-refractivity contribution in [2.75, 3.05) is 24.3 Å². The summed E-state index contributed by atoms with van der Waals surface area (Å²) in [5.74, 6) is 1.34. The van der Waals surface area contributed by atoms with Gasteiger partial charge in [-0.2, -0.15) is 4.98 Å². The molecule has 4 rings (SSSR count). The molecule has 2 heterocycles. The maximum Gasteiger partial charge on any atom is 0.258 e. The standard InChI is InChI=1S/C21H23N5O/c1-12-5-8-17-15(9-12)16(11-18(23-17)14-6-7-14)20(27)25-21-22-13(2)10-19(24-21)26(3)4/h5,8-11,14H,6-7H2,1-4H3,(H,22,24,25,27). The topological polar surface area (TPSA) is 71.0 Å². The van der Waals surface area contributed by atoms with E-state index in [1.54, 1.807) is 0 Å². The summed E-state index contributed by atoms with van der Waals surface area (Å²) in [6.07, 6.45) is 2.28. The van der Waals surface area contributed by atoms with Gasteiger partial charge in [0.25, 0.3) is 5.91 Å². The molecule has 6 heteroatoms. The van der Waals surface area contributed by atoms with Gasteiger partial charge in [0, 0.05) is 42.9 Å². The Kier molecular flexibility index (Phi) is 4.26. The molecule has 1 fully saturated rings. The number of benzene rings is 1. The summed E-state index contributed by atoms with van der Waals surface area (Å²) in [6.45, 7) is 3.91. The molecule has 0 aliphatic heterocycles. The van der Waals surface area contributed by atoms with Crippen LogP contribution in [0.5, 0.6) is 0 Å². The van der Waals surface area contributed by atoms with Crippen molar-refractivity contribution >= 4 is 28.6 Å². The van der Waals surface area contributed by atoms with Gasteiger partial charge in [0.1, 0.15) is 5.82 Å². The average Bonchev–Trinajstić information content (AvgIpc) is 3.45. The lowest BCUT2D eigenvalue weighted by atomic mass is 10.0. The molecule has 0 spiro atoms. The van der Waals surface area contributed by atoms with Crippen molar-refractivity contribution < 1.29 is 4.79 Å². The first kappa shape index (κ1) is 17.4. The van der Waals surface area contributed by atoms with Crippen LogP contribution in [0.25, 0.3) is 10.9 Å². The molecule has 0 atom stereocenters. The number of rotatable bonds is 4. The Hall–Kier alpha value is -3.02. The highest BCUT2D eigenvalue weighted by Gasteiger charge is 2.27. The third kappa shape index (κ3) is 3.60. The number of aromatic nitrogens is 3. The Morgan fingerprint density at radius 2 is 1.85 bits per heavy atom. The minimum atomic E-state index is -0.204. The third-order valence-electron chi connectivity index (χ3n) is 4.75. The number of pyridine rings is 1. The molecule has 0 saturated heterocycles. The van der Waals surface area contributed by atoms with Gasteiger partial charge in [-0.05, 0) is 44.9 Å². The highest BCUT2D eigenvalue weighted by atomic mass is 16.1. The van der Waals surface area contributed by atoms with Crippen molar-refractivity contribution in [1.82, 2.24) is 15.0 Å². The van der Waals surface area contributed by atoms with Gasteiger partial charge in [-0.15, -0.1) is 0 Å². The maximum atomic E-state index is 13.1. The highest BCUT2D eigenvalue weighted by molar-refractivity contribution is 6.12. The smallest absolute Gasteiger partial charge is 0.258 e. The van der Waals surface area contributed by atoms with Gasteiger partial charge >= 0.3 is 0 Å². The fourth-order valence-electron chi connectivity index (χ4n) is 3.14. The molecule has 1 saturated carbocycles. The van der Waals surface area contributed by atoms with Crippen LogP contribution < -0.4 is 10.2 Å². The van der Waals surface area contributed by atoms with Gasteiger partial charge in [0.05, 0.1) is 11.1 Å². The summed E-state index contributed by atoms with van der Waals surface area (Å²) in [6, 6.07) is 9.83. The lowest BCUT2D eigenvalue weighted by Crippen LogP contribution is -2.18. The van der Waals surface area contributed by atoms with Crippen molar-refractivity contribution in [2.24, 2.45) is 0 Å². The zero-order valence-electron chi connectivity index (χ0n) is 16.1. The number of nitrogens with zero attached hydrogens (tertiary/aromatic N) is 4. The van der Waals surface area contributed by atoms with Gasteiger partial charge in [0.2, 0.25) is 5.95 Å². The molecule has 138 valence electrons. The first-order valence-corrected chi connectivity index (χ1v) is 9.16. The quantitative estimate of drug-likeness (QED) is 0.764. The van der Waals surface area contributed by atoms with Crippen LogP contribution in [-0.4, -0.2) is 35.0 Å². The maximum absolute atomic E-state index is 13.1. The van der Waals surface area contributed by atoms with Crippen molar-refractivity contribution in [3.63, 3.8) is 0 Å². The largest absolute Gasteiger partial charge is 0.363 e. The molecule has 3 aromatic rings. The van der Waals surface area contributed by atoms with E-state index < -0.39 is 0 Å². The van der Waals surface area contributed by atoms with E-state index in [0.717, 1.165) is 46.5 Å². The minimum Gasteiger partial charge on any atom is -0.363 e. The zero-order chi connectivity index (χ0) is 19.1. The van der Waals surface area contributed by atoms with Crippen LogP contribution in [-0.2, 0) is 0 Å². The summed E-state index contributed by atoms with van der Waals surface area (Å²) in [7, 11) is 3.82. The molecular weight excluding hydrogens is 338 g/mol. The summed E-state index contributed by atoms with van der Waals surface area (Å²) in [5.41, 5.74) is 4.38. The van der Waals surface area contributed by atoms with Gasteiger partial charge < -0.3 is 4.90 Å². The Morgan fingerprint density at radius 3 is 2.56 bits per heavy atom. The summed E-state index contributed by atoms with van der Waals surface area (Å²) < 4.78 is 0. The van der Waals surface area contributed by atoms with Crippen LogP contribution in [0.4, 0.5) is 11.8 Å². The van der Waals surface area contributed by atoms with Crippen molar-refractivity contribution in [3.8, 4) is 0 Å². The molecule has 1 aliphatic rings. The Balaban J connectivity index is 1.75. The van der Waals surface area contributed by atoms with Crippen LogP contribution in [0.3, 0.4) is 0 Å². The summed E-state index contributed by atoms with van der Waals surface area (Å²) >= 11 is 0. The monoisotopic (exact) mass is 361 g/mol. The zero-order valence-corrected chi connectivity index (χ0v) is 16.1. The van der Waals surface area contributed by atoms with E-state index in [9.17, 15) is 4.79 Å². The summed E-state index contributed by atoms with van der Waals surface area (Å²) in [4.78, 5) is 28.5. The van der Waals surface area contributed by atoms with E-state index in [0.29, 0.717) is 17.4 Å². The van der Waals surface area contributed by atoms with Crippen LogP contribution in [0.15, 0.2) is 30.3 Å². The number of fused-ring (bicyclic) bond motifs is 1. The molecule has 1 aliphatic carbocycles. The molecule has 0 bridgehead atoms. The second-order valence-electron chi connectivity index (χ2n) is 7.43. The van der Waals surface area contributed by atoms with E-state index in [2.05, 4.69) is 15.3 Å². The third-order valence-corrected chi connectivity index (χ3v) is 4.75. The van der Waals surface area contributed by atoms with E-state index in [-0.39, 0.29) is 5.91 Å². The Morgan fingerprint density at radius 1 is 1.07 bits per heavy atom. The second-order valence-corrected chi connectivity index (χ2v) is 7.43. The highest BCUT2D eigenvalue weighted by Crippen LogP contribution is 2.40. The number of carbonyl (C=O) groups is 1. The number of anilines is 2. The van der Waals surface area contributed by atoms with Gasteiger partial charge in [-0.25, -0.2) is 4.98 Å². The van der Waals surface area contributed by atoms with Crippen LogP contribution >= 0.6 is 0 Å². The lowest BCUT2D eigenvalue weighted by molar-refractivity contribution is 0.102. The van der Waals surface area contributed by atoms with E-state index in [1.165, 1.54) is 0 Å². The number of carbonyl (C=O) groups excluding carboxylic acids is 1. The molecule has 1 N–H and O–H groups in total. The molecule has 1 aromatic carbocycles. The average molecular weight is 361 g/mol. The van der Waals surface area contributed by atoms with Crippen LogP contribution in [0, 0.1) is 13.8 Å². The Bertz CT molecular complexity index is 1040. The number of amides is 1. The summed E-state index contributed by atoms with van der Waals surface area (Å²) in [5, 5.41) is 3.74. The molecule has 0 unspecified atom stereocenters. The van der Waals surface area contributed by atoms with E-state index in [4.69, 9.17) is 4.98 Å². The molecule has 1 amide bonds. The molecule has 0 radical (unpaired) electrons. The molecule has 27 heavy (non-hydrogen) atoms. The SMILES string of the molecule is Cc1ccc2nc(C3CC3)cc(C(=O)Nc3nc(C)cc(N(C)C)n3)c2c1. The van der Waals surface area contributed by atoms with Crippen molar-refractivity contribution in [1.29, 1.82) is 0 Å². The minimum absolute atomic E-state index is 0.204. The van der Waals surface area contributed by atoms with Gasteiger partial charge in [-0.3, -0.25) is 15.1 Å². The fraction of sp³-hybridized carbons (Fsp3) is 0.333. The molecular formula is C21H23N5O. The second kappa shape index (κ2) is 6.61. The Labute approximate surface area is 158 Å². The van der Waals surface area contributed by atoms with Crippen molar-refractivity contribution in [3.05, 3.63) is 52.8 Å². The van der Waals surface area contributed by atoms with Crippen molar-refractivity contribution in [2.45, 2.75) is 32.6 Å². The predicted octanol–water partition coefficient (Wildman–Crippen LogP) is 3.84. The number of aryl methyl sites for hydroxylation is 2. The van der Waals surface area contributed by atoms with E-state index in [1.807, 2.05) is 63.2 Å². The normalized spacial score (nSPS) is 13.6. The fourth-order valence-corrected chi connectivity index (χ4v) is 3.14. The van der Waals surface area contributed by atoms with Gasteiger partial charge in [-0.1, -0.05) is 11.6 Å². The first-order valence-electron chi connectivity index (χ1n) is 9.16.